The lowest BCUT2D eigenvalue weighted by atomic mass is 10.8. The normalized spacial score (nSPS) is 10.2. The zero-order valence-corrected chi connectivity index (χ0v) is 5.35. The van der Waals surface area contributed by atoms with Gasteiger partial charge in [0, 0.05) is 0 Å². The quantitative estimate of drug-likeness (QED) is 0.402. The first-order chi connectivity index (χ1) is 4.12. The molecule has 0 spiro atoms. The van der Waals surface area contributed by atoms with Gasteiger partial charge in [0.15, 0.2) is 0 Å². The number of carbonyl (C=O) groups excluding carboxylic acids is 1. The molecule has 0 aliphatic rings. The van der Waals surface area contributed by atoms with Gasteiger partial charge in [-0.3, -0.25) is 0 Å². The van der Waals surface area contributed by atoms with Crippen LogP contribution in [-0.2, 0) is 19.1 Å². The molecule has 0 bridgehead atoms. The van der Waals surface area contributed by atoms with Gasteiger partial charge in [-0.25, -0.2) is 4.79 Å². The lowest BCUT2D eigenvalue weighted by Crippen LogP contribution is -2.06. The molecular weight excluding hydrogens is 144 g/mol. The SMILES string of the molecule is C=CCS(=O)(=O)O[C]=O. The average molecular weight is 149 g/mol. The van der Waals surface area contributed by atoms with Crippen LogP contribution >= 0.6 is 0 Å². The van der Waals surface area contributed by atoms with Crippen LogP contribution in [0.2, 0.25) is 0 Å². The van der Waals surface area contributed by atoms with Gasteiger partial charge in [-0.1, -0.05) is 6.08 Å². The van der Waals surface area contributed by atoms with E-state index in [9.17, 15) is 13.2 Å². The lowest BCUT2D eigenvalue weighted by molar-refractivity contribution is 0.430. The molecule has 0 aromatic heterocycles. The molecule has 0 saturated carbocycles. The van der Waals surface area contributed by atoms with E-state index >= 15 is 0 Å². The Morgan fingerprint density at radius 1 is 1.67 bits per heavy atom. The Morgan fingerprint density at radius 2 is 2.22 bits per heavy atom. The second kappa shape index (κ2) is 3.24. The predicted octanol–water partition coefficient (Wildman–Crippen LogP) is -0.414. The summed E-state index contributed by atoms with van der Waals surface area (Å²) in [7, 11) is -3.72. The van der Waals surface area contributed by atoms with Gasteiger partial charge in [0.1, 0.15) is 5.75 Å². The summed E-state index contributed by atoms with van der Waals surface area (Å²) in [6.07, 6.45) is 1.12. The molecule has 0 aliphatic carbocycles. The summed E-state index contributed by atoms with van der Waals surface area (Å²) in [6, 6.07) is 0. The summed E-state index contributed by atoms with van der Waals surface area (Å²) < 4.78 is 24.1. The minimum absolute atomic E-state index is 0.373. The highest BCUT2D eigenvalue weighted by molar-refractivity contribution is 7.87. The molecule has 0 atom stereocenters. The van der Waals surface area contributed by atoms with Crippen LogP contribution in [0.25, 0.3) is 0 Å². The van der Waals surface area contributed by atoms with Gasteiger partial charge in [0.2, 0.25) is 0 Å². The van der Waals surface area contributed by atoms with Crippen LogP contribution in [0.1, 0.15) is 0 Å². The molecule has 5 heteroatoms. The number of rotatable bonds is 4. The molecule has 0 amide bonds. The van der Waals surface area contributed by atoms with Crippen LogP contribution in [-0.4, -0.2) is 20.6 Å². The highest BCUT2D eigenvalue weighted by Gasteiger charge is 2.06. The van der Waals surface area contributed by atoms with Crippen molar-refractivity contribution in [3.8, 4) is 0 Å². The third-order valence-corrected chi connectivity index (χ3v) is 1.45. The van der Waals surface area contributed by atoms with E-state index < -0.39 is 10.1 Å². The fourth-order valence-electron chi connectivity index (χ4n) is 0.230. The summed E-state index contributed by atoms with van der Waals surface area (Å²) in [4.78, 5) is 9.33. The maximum Gasteiger partial charge on any atom is 0.434 e. The second-order valence-corrected chi connectivity index (χ2v) is 2.80. The molecule has 0 saturated heterocycles. The summed E-state index contributed by atoms with van der Waals surface area (Å²) >= 11 is 0. The highest BCUT2D eigenvalue weighted by Crippen LogP contribution is 1.88. The van der Waals surface area contributed by atoms with Crippen LogP contribution in [0.15, 0.2) is 12.7 Å². The molecule has 51 valence electrons. The minimum Gasteiger partial charge on any atom is -0.336 e. The van der Waals surface area contributed by atoms with Gasteiger partial charge < -0.3 is 4.18 Å². The molecule has 0 fully saturated rings. The van der Waals surface area contributed by atoms with Gasteiger partial charge in [-0.05, 0) is 0 Å². The predicted molar refractivity (Wildman–Crippen MR) is 30.8 cm³/mol. The molecule has 0 aromatic carbocycles. The second-order valence-electron chi connectivity index (χ2n) is 1.18. The summed E-state index contributed by atoms with van der Waals surface area (Å²) in [5.74, 6) is -0.373. The van der Waals surface area contributed by atoms with Crippen molar-refractivity contribution < 1.29 is 17.4 Å². The molecule has 0 aliphatic heterocycles. The first kappa shape index (κ1) is 8.16. The zero-order valence-electron chi connectivity index (χ0n) is 4.53. The summed E-state index contributed by atoms with van der Waals surface area (Å²) in [6.45, 7) is 3.95. The van der Waals surface area contributed by atoms with E-state index in [0.29, 0.717) is 0 Å². The van der Waals surface area contributed by atoms with Gasteiger partial charge >= 0.3 is 16.6 Å². The molecule has 0 aromatic rings. The van der Waals surface area contributed by atoms with Crippen molar-refractivity contribution in [2.45, 2.75) is 0 Å². The minimum atomic E-state index is -3.72. The third kappa shape index (κ3) is 3.72. The van der Waals surface area contributed by atoms with Crippen LogP contribution in [0.4, 0.5) is 0 Å². The van der Waals surface area contributed by atoms with Crippen LogP contribution < -0.4 is 0 Å². The van der Waals surface area contributed by atoms with Crippen LogP contribution in [0, 0.1) is 0 Å². The molecule has 0 heterocycles. The average Bonchev–Trinajstić information content (AvgIpc) is 1.64. The topological polar surface area (TPSA) is 60.4 Å². The maximum atomic E-state index is 10.3. The Labute approximate surface area is 53.3 Å². The van der Waals surface area contributed by atoms with E-state index in [2.05, 4.69) is 10.8 Å². The highest BCUT2D eigenvalue weighted by atomic mass is 32.2. The fourth-order valence-corrected chi connectivity index (χ4v) is 0.691. The van der Waals surface area contributed by atoms with E-state index in [0.717, 1.165) is 12.5 Å². The largest absolute Gasteiger partial charge is 0.434 e. The van der Waals surface area contributed by atoms with Crippen LogP contribution in [0.3, 0.4) is 0 Å². The van der Waals surface area contributed by atoms with Crippen molar-refractivity contribution in [1.82, 2.24) is 0 Å². The van der Waals surface area contributed by atoms with Crippen molar-refractivity contribution >= 4 is 16.6 Å². The fraction of sp³-hybridized carbons (Fsp3) is 0.250. The first-order valence-corrected chi connectivity index (χ1v) is 3.59. The van der Waals surface area contributed by atoms with Crippen molar-refractivity contribution in [1.29, 1.82) is 0 Å². The van der Waals surface area contributed by atoms with Gasteiger partial charge in [0.05, 0.1) is 0 Å². The van der Waals surface area contributed by atoms with E-state index in [1.54, 1.807) is 0 Å². The van der Waals surface area contributed by atoms with Crippen LogP contribution in [0.5, 0.6) is 0 Å². The third-order valence-electron chi connectivity index (χ3n) is 0.483. The van der Waals surface area contributed by atoms with E-state index in [4.69, 9.17) is 0 Å². The van der Waals surface area contributed by atoms with Gasteiger partial charge in [-0.2, -0.15) is 8.42 Å². The molecular formula is C4H5O4S. The molecule has 4 nitrogen and oxygen atoms in total. The van der Waals surface area contributed by atoms with E-state index in [1.807, 2.05) is 0 Å². The summed E-state index contributed by atoms with van der Waals surface area (Å²) in [5.41, 5.74) is 0. The molecule has 0 unspecified atom stereocenters. The molecule has 9 heavy (non-hydrogen) atoms. The van der Waals surface area contributed by atoms with Crippen molar-refractivity contribution in [2.24, 2.45) is 0 Å². The summed E-state index contributed by atoms with van der Waals surface area (Å²) in [5, 5.41) is 0. The lowest BCUT2D eigenvalue weighted by Gasteiger charge is -1.91. The Hall–Kier alpha value is -0.840. The monoisotopic (exact) mass is 149 g/mol. The van der Waals surface area contributed by atoms with Gasteiger partial charge in [0.25, 0.3) is 0 Å². The molecule has 1 radical (unpaired) electrons. The molecule has 0 N–H and O–H groups in total. The standard InChI is InChI=1S/C4H5O4S/c1-2-3-9(6,7)8-4-5/h2H,1,3H2. The van der Waals surface area contributed by atoms with Crippen molar-refractivity contribution in [2.75, 3.05) is 5.75 Å². The smallest absolute Gasteiger partial charge is 0.336 e. The zero-order chi connectivity index (χ0) is 7.33. The van der Waals surface area contributed by atoms with Crippen molar-refractivity contribution in [3.05, 3.63) is 12.7 Å². The maximum absolute atomic E-state index is 10.3. The Kier molecular flexibility index (Phi) is 2.94. The van der Waals surface area contributed by atoms with Gasteiger partial charge in [-0.15, -0.1) is 6.58 Å². The Morgan fingerprint density at radius 3 is 2.56 bits per heavy atom. The van der Waals surface area contributed by atoms with E-state index in [1.165, 1.54) is 0 Å². The Bertz CT molecular complexity index is 175. The number of hydrogen-bond donors (Lipinski definition) is 0. The Balaban J connectivity index is 4.03. The number of hydrogen-bond acceptors (Lipinski definition) is 4. The molecule has 0 rings (SSSR count). The van der Waals surface area contributed by atoms with Crippen molar-refractivity contribution in [3.63, 3.8) is 0 Å². The first-order valence-electron chi connectivity index (χ1n) is 2.01. The van der Waals surface area contributed by atoms with E-state index in [-0.39, 0.29) is 5.75 Å².